The summed E-state index contributed by atoms with van der Waals surface area (Å²) in [6.45, 7) is -0.630. The zero-order chi connectivity index (χ0) is 21.8. The van der Waals surface area contributed by atoms with Gasteiger partial charge in [-0.05, 0) is 30.2 Å². The van der Waals surface area contributed by atoms with Crippen LogP contribution in [-0.4, -0.2) is 38.6 Å². The first-order valence-corrected chi connectivity index (χ1v) is 9.19. The smallest absolute Gasteiger partial charge is 0.322 e. The Morgan fingerprint density at radius 3 is 2.32 bits per heavy atom. The summed E-state index contributed by atoms with van der Waals surface area (Å²) >= 11 is 0. The first kappa shape index (κ1) is 19.7. The van der Waals surface area contributed by atoms with Gasteiger partial charge in [0.05, 0.1) is 0 Å². The van der Waals surface area contributed by atoms with Crippen LogP contribution in [-0.2, 0) is 4.79 Å². The molecule has 0 spiro atoms. The van der Waals surface area contributed by atoms with Crippen molar-refractivity contribution in [2.24, 2.45) is 0 Å². The van der Waals surface area contributed by atoms with Gasteiger partial charge in [0.15, 0.2) is 11.4 Å². The summed E-state index contributed by atoms with van der Waals surface area (Å²) in [5.74, 6) is 3.37. The van der Waals surface area contributed by atoms with E-state index in [0.717, 1.165) is 0 Å². The van der Waals surface area contributed by atoms with Crippen LogP contribution >= 0.6 is 0 Å². The molecule has 0 unspecified atom stereocenters. The molecule has 2 heterocycles. The molecule has 0 aliphatic carbocycles. The molecule has 0 bridgehead atoms. The highest BCUT2D eigenvalue weighted by Crippen LogP contribution is 2.33. The van der Waals surface area contributed by atoms with E-state index in [9.17, 15) is 14.7 Å². The van der Waals surface area contributed by atoms with Crippen molar-refractivity contribution in [2.75, 3.05) is 6.54 Å². The Bertz CT molecular complexity index is 1340. The number of pyridine rings is 1. The van der Waals surface area contributed by atoms with Crippen molar-refractivity contribution in [3.05, 3.63) is 77.6 Å². The van der Waals surface area contributed by atoms with Gasteiger partial charge in [-0.2, -0.15) is 0 Å². The van der Waals surface area contributed by atoms with Crippen LogP contribution in [0.1, 0.15) is 21.7 Å². The predicted molar refractivity (Wildman–Crippen MR) is 111 cm³/mol. The van der Waals surface area contributed by atoms with Crippen molar-refractivity contribution in [3.63, 3.8) is 0 Å². The minimum Gasteiger partial charge on any atom is -0.503 e. The number of carbonyl (C=O) groups is 2. The van der Waals surface area contributed by atoms with Gasteiger partial charge < -0.3 is 19.9 Å². The summed E-state index contributed by atoms with van der Waals surface area (Å²) in [5.41, 5.74) is 1.22. The van der Waals surface area contributed by atoms with E-state index in [1.807, 2.05) is 48.5 Å². The Labute approximate surface area is 176 Å². The number of aliphatic carboxylic acids is 1. The second-order valence-corrected chi connectivity index (χ2v) is 6.41. The Balaban J connectivity index is 1.87. The lowest BCUT2D eigenvalue weighted by molar-refractivity contribution is -0.135. The molecule has 2 aromatic heterocycles. The lowest BCUT2D eigenvalue weighted by Crippen LogP contribution is -2.30. The summed E-state index contributed by atoms with van der Waals surface area (Å²) < 4.78 is 5.73. The number of carboxylic acids is 1. The SMILES string of the molecule is O=C(O)CNC(=O)c1nc(C#Cc2ccccc2)c2nc(-c3ccccc3)oc2c1O. The second kappa shape index (κ2) is 8.39. The van der Waals surface area contributed by atoms with Crippen LogP contribution in [0.4, 0.5) is 0 Å². The molecule has 0 saturated carbocycles. The Kier molecular flexibility index (Phi) is 5.32. The number of rotatable bonds is 4. The summed E-state index contributed by atoms with van der Waals surface area (Å²) in [5, 5.41) is 21.6. The van der Waals surface area contributed by atoms with Crippen molar-refractivity contribution in [2.45, 2.75) is 0 Å². The molecule has 0 aliphatic heterocycles. The number of nitrogens with zero attached hydrogens (tertiary/aromatic N) is 2. The molecule has 4 aromatic rings. The van der Waals surface area contributed by atoms with Crippen LogP contribution in [0.15, 0.2) is 65.1 Å². The number of amides is 1. The summed E-state index contributed by atoms with van der Waals surface area (Å²) in [6, 6.07) is 18.2. The van der Waals surface area contributed by atoms with Crippen molar-refractivity contribution < 1.29 is 24.2 Å². The van der Waals surface area contributed by atoms with Crippen molar-refractivity contribution in [1.82, 2.24) is 15.3 Å². The normalized spacial score (nSPS) is 10.3. The van der Waals surface area contributed by atoms with Crippen LogP contribution in [0.2, 0.25) is 0 Å². The van der Waals surface area contributed by atoms with Gasteiger partial charge in [-0.25, -0.2) is 9.97 Å². The van der Waals surface area contributed by atoms with E-state index in [4.69, 9.17) is 9.52 Å². The predicted octanol–water partition coefficient (Wildman–Crippen LogP) is 2.81. The molecule has 4 rings (SSSR count). The third-order valence-electron chi connectivity index (χ3n) is 4.25. The summed E-state index contributed by atoms with van der Waals surface area (Å²) in [7, 11) is 0. The van der Waals surface area contributed by atoms with Crippen LogP contribution in [0.5, 0.6) is 5.75 Å². The Hall–Kier alpha value is -4.64. The Morgan fingerprint density at radius 2 is 1.65 bits per heavy atom. The quantitative estimate of drug-likeness (QED) is 0.439. The van der Waals surface area contributed by atoms with E-state index >= 15 is 0 Å². The molecular formula is C23H15N3O5. The number of carboxylic acid groups (broad SMARTS) is 1. The van der Waals surface area contributed by atoms with Crippen LogP contribution in [0.3, 0.4) is 0 Å². The number of fused-ring (bicyclic) bond motifs is 1. The van der Waals surface area contributed by atoms with Crippen molar-refractivity contribution >= 4 is 23.0 Å². The maximum absolute atomic E-state index is 12.4. The highest BCUT2D eigenvalue weighted by atomic mass is 16.4. The van der Waals surface area contributed by atoms with Crippen molar-refractivity contribution in [1.29, 1.82) is 0 Å². The molecule has 0 atom stereocenters. The summed E-state index contributed by atoms with van der Waals surface area (Å²) in [6.07, 6.45) is 0. The minimum absolute atomic E-state index is 0.0633. The fourth-order valence-electron chi connectivity index (χ4n) is 2.81. The first-order chi connectivity index (χ1) is 15.0. The fourth-order valence-corrected chi connectivity index (χ4v) is 2.81. The molecular weight excluding hydrogens is 398 g/mol. The average molecular weight is 413 g/mol. The first-order valence-electron chi connectivity index (χ1n) is 9.19. The van der Waals surface area contributed by atoms with E-state index in [1.165, 1.54) is 0 Å². The number of nitrogens with one attached hydrogen (secondary N) is 1. The van der Waals surface area contributed by atoms with Gasteiger partial charge in [-0.3, -0.25) is 9.59 Å². The van der Waals surface area contributed by atoms with Gasteiger partial charge in [0.1, 0.15) is 17.8 Å². The maximum Gasteiger partial charge on any atom is 0.322 e. The molecule has 31 heavy (non-hydrogen) atoms. The molecule has 0 radical (unpaired) electrons. The largest absolute Gasteiger partial charge is 0.503 e. The second-order valence-electron chi connectivity index (χ2n) is 6.41. The molecule has 0 saturated heterocycles. The average Bonchev–Trinajstić information content (AvgIpc) is 3.25. The van der Waals surface area contributed by atoms with Gasteiger partial charge in [-0.1, -0.05) is 42.3 Å². The highest BCUT2D eigenvalue weighted by Gasteiger charge is 2.24. The van der Waals surface area contributed by atoms with Gasteiger partial charge >= 0.3 is 5.97 Å². The lowest BCUT2D eigenvalue weighted by Gasteiger charge is -2.05. The molecule has 8 nitrogen and oxygen atoms in total. The van der Waals surface area contributed by atoms with E-state index < -0.39 is 29.9 Å². The van der Waals surface area contributed by atoms with E-state index in [2.05, 4.69) is 27.1 Å². The molecule has 0 aliphatic rings. The highest BCUT2D eigenvalue weighted by molar-refractivity contribution is 6.01. The summed E-state index contributed by atoms with van der Waals surface area (Å²) in [4.78, 5) is 31.7. The minimum atomic E-state index is -1.23. The van der Waals surface area contributed by atoms with E-state index in [-0.39, 0.29) is 22.7 Å². The molecule has 2 aromatic carbocycles. The van der Waals surface area contributed by atoms with Gasteiger partial charge in [0.25, 0.3) is 5.91 Å². The fraction of sp³-hybridized carbons (Fsp3) is 0.0435. The van der Waals surface area contributed by atoms with E-state index in [1.54, 1.807) is 12.1 Å². The third kappa shape index (κ3) is 4.21. The number of aromatic hydroxyl groups is 1. The molecule has 8 heteroatoms. The van der Waals surface area contributed by atoms with Gasteiger partial charge in [0.2, 0.25) is 11.5 Å². The van der Waals surface area contributed by atoms with Crippen molar-refractivity contribution in [3.8, 4) is 29.0 Å². The van der Waals surface area contributed by atoms with Crippen LogP contribution < -0.4 is 5.32 Å². The number of benzene rings is 2. The number of hydrogen-bond donors (Lipinski definition) is 3. The number of carbonyl (C=O) groups excluding carboxylic acids is 1. The Morgan fingerprint density at radius 1 is 0.968 bits per heavy atom. The standard InChI is InChI=1S/C23H15N3O5/c27-17(28)13-24-22(30)19-20(29)21-18(26-23(31-21)15-9-5-2-6-10-15)16(25-19)12-11-14-7-3-1-4-8-14/h1-10,29H,13H2,(H,24,30)(H,27,28). The molecule has 0 fully saturated rings. The van der Waals surface area contributed by atoms with Crippen LogP contribution in [0, 0.1) is 11.8 Å². The lowest BCUT2D eigenvalue weighted by atomic mass is 10.2. The van der Waals surface area contributed by atoms with Gasteiger partial charge in [0, 0.05) is 11.1 Å². The van der Waals surface area contributed by atoms with Crippen LogP contribution in [0.25, 0.3) is 22.6 Å². The van der Waals surface area contributed by atoms with E-state index in [0.29, 0.717) is 11.1 Å². The molecule has 1 amide bonds. The topological polar surface area (TPSA) is 126 Å². The number of oxazole rings is 1. The zero-order valence-corrected chi connectivity index (χ0v) is 16.0. The zero-order valence-electron chi connectivity index (χ0n) is 16.0. The molecule has 152 valence electrons. The maximum atomic E-state index is 12.4. The third-order valence-corrected chi connectivity index (χ3v) is 4.25. The molecule has 3 N–H and O–H groups in total. The van der Waals surface area contributed by atoms with Gasteiger partial charge in [-0.15, -0.1) is 0 Å². The monoisotopic (exact) mass is 413 g/mol. The number of aromatic nitrogens is 2. The number of hydrogen-bond acceptors (Lipinski definition) is 6.